The van der Waals surface area contributed by atoms with Crippen LogP contribution in [0.15, 0.2) is 53.4 Å². The van der Waals surface area contributed by atoms with Crippen LogP contribution in [0.5, 0.6) is 0 Å². The van der Waals surface area contributed by atoms with Gasteiger partial charge in [-0.2, -0.15) is 26.3 Å². The van der Waals surface area contributed by atoms with Gasteiger partial charge in [-0.05, 0) is 42.0 Å². The SMILES string of the molecule is O=C1/C(=C/c2cccc(C(F)(F)F)c2)SC(=S)N1c1cccc(C(F)(F)F)c1. The van der Waals surface area contributed by atoms with E-state index in [9.17, 15) is 31.1 Å². The van der Waals surface area contributed by atoms with E-state index in [0.29, 0.717) is 0 Å². The van der Waals surface area contributed by atoms with Crippen molar-refractivity contribution in [2.75, 3.05) is 4.90 Å². The Balaban J connectivity index is 1.94. The van der Waals surface area contributed by atoms with Crippen LogP contribution in [-0.2, 0) is 17.1 Å². The molecule has 0 aliphatic carbocycles. The normalized spacial score (nSPS) is 16.9. The lowest BCUT2D eigenvalue weighted by atomic mass is 10.1. The van der Waals surface area contributed by atoms with Gasteiger partial charge in [0.25, 0.3) is 5.91 Å². The van der Waals surface area contributed by atoms with Crippen LogP contribution in [0, 0.1) is 0 Å². The molecule has 1 saturated heterocycles. The fourth-order valence-electron chi connectivity index (χ4n) is 2.47. The maximum Gasteiger partial charge on any atom is 0.416 e. The Bertz CT molecular complexity index is 981. The van der Waals surface area contributed by atoms with Crippen molar-refractivity contribution in [3.05, 3.63) is 70.1 Å². The molecule has 0 radical (unpaired) electrons. The first-order chi connectivity index (χ1) is 13.0. The van der Waals surface area contributed by atoms with E-state index in [2.05, 4.69) is 0 Å². The summed E-state index contributed by atoms with van der Waals surface area (Å²) in [4.78, 5) is 13.6. The van der Waals surface area contributed by atoms with Crippen molar-refractivity contribution < 1.29 is 31.1 Å². The molecule has 0 spiro atoms. The highest BCUT2D eigenvalue weighted by molar-refractivity contribution is 8.27. The molecule has 1 amide bonds. The highest BCUT2D eigenvalue weighted by Gasteiger charge is 2.36. The Morgan fingerprint density at radius 2 is 1.46 bits per heavy atom. The van der Waals surface area contributed by atoms with Gasteiger partial charge in [0.1, 0.15) is 0 Å². The molecule has 10 heteroatoms. The third kappa shape index (κ3) is 4.22. The predicted octanol–water partition coefficient (Wildman–Crippen LogP) is 6.13. The first kappa shape index (κ1) is 20.4. The van der Waals surface area contributed by atoms with Gasteiger partial charge in [-0.1, -0.05) is 42.2 Å². The Morgan fingerprint density at radius 3 is 2.07 bits per heavy atom. The van der Waals surface area contributed by atoms with Gasteiger partial charge >= 0.3 is 12.4 Å². The molecule has 0 bridgehead atoms. The van der Waals surface area contributed by atoms with E-state index in [1.807, 2.05) is 0 Å². The molecular formula is C18H9F6NOS2. The van der Waals surface area contributed by atoms with Gasteiger partial charge in [0.15, 0.2) is 4.32 Å². The van der Waals surface area contributed by atoms with E-state index in [4.69, 9.17) is 12.2 Å². The number of benzene rings is 2. The molecule has 1 fully saturated rings. The lowest BCUT2D eigenvalue weighted by Gasteiger charge is -2.16. The van der Waals surface area contributed by atoms with Crippen molar-refractivity contribution in [3.8, 4) is 0 Å². The summed E-state index contributed by atoms with van der Waals surface area (Å²) in [6.07, 6.45) is -7.91. The van der Waals surface area contributed by atoms with Crippen molar-refractivity contribution in [1.29, 1.82) is 0 Å². The molecule has 0 N–H and O–H groups in total. The highest BCUT2D eigenvalue weighted by atomic mass is 32.2. The molecule has 2 aromatic rings. The van der Waals surface area contributed by atoms with Gasteiger partial charge in [-0.25, -0.2) is 0 Å². The zero-order chi connectivity index (χ0) is 20.7. The molecule has 0 aromatic heterocycles. The van der Waals surface area contributed by atoms with Crippen molar-refractivity contribution in [2.45, 2.75) is 12.4 Å². The smallest absolute Gasteiger partial charge is 0.268 e. The summed E-state index contributed by atoms with van der Waals surface area (Å²) in [5.41, 5.74) is -1.76. The molecular weight excluding hydrogens is 424 g/mol. The average molecular weight is 433 g/mol. The molecule has 0 saturated carbocycles. The molecule has 0 unspecified atom stereocenters. The minimum atomic E-state index is -4.59. The number of carbonyl (C=O) groups is 1. The summed E-state index contributed by atoms with van der Waals surface area (Å²) in [6.45, 7) is 0. The molecule has 2 nitrogen and oxygen atoms in total. The van der Waals surface area contributed by atoms with Crippen LogP contribution < -0.4 is 4.90 Å². The van der Waals surface area contributed by atoms with Gasteiger partial charge in [0.2, 0.25) is 0 Å². The monoisotopic (exact) mass is 433 g/mol. The zero-order valence-corrected chi connectivity index (χ0v) is 15.3. The minimum Gasteiger partial charge on any atom is -0.268 e. The third-order valence-corrected chi connectivity index (χ3v) is 5.04. The summed E-state index contributed by atoms with van der Waals surface area (Å²) >= 11 is 5.89. The fourth-order valence-corrected chi connectivity index (χ4v) is 3.77. The maximum absolute atomic E-state index is 12.9. The van der Waals surface area contributed by atoms with E-state index in [1.165, 1.54) is 24.3 Å². The Kier molecular flexibility index (Phi) is 5.28. The number of anilines is 1. The Hall–Kier alpha value is -2.33. The molecule has 2 aromatic carbocycles. The number of halogens is 6. The van der Waals surface area contributed by atoms with Crippen LogP contribution in [-0.4, -0.2) is 10.2 Å². The predicted molar refractivity (Wildman–Crippen MR) is 98.5 cm³/mol. The van der Waals surface area contributed by atoms with Crippen molar-refractivity contribution >= 4 is 46.0 Å². The molecule has 3 rings (SSSR count). The van der Waals surface area contributed by atoms with Crippen LogP contribution in [0.25, 0.3) is 6.08 Å². The minimum absolute atomic E-state index is 0.0115. The number of carbonyl (C=O) groups excluding carboxylic acids is 1. The molecule has 28 heavy (non-hydrogen) atoms. The first-order valence-corrected chi connectivity index (χ1v) is 8.82. The standard InChI is InChI=1S/C18H9F6NOS2/c19-17(20,21)11-4-1-3-10(7-11)8-14-15(26)25(16(27)28-14)13-6-2-5-12(9-13)18(22,23)24/h1-9H/b14-8-. The van der Waals surface area contributed by atoms with E-state index in [-0.39, 0.29) is 20.5 Å². The van der Waals surface area contributed by atoms with Crippen LogP contribution >= 0.6 is 24.0 Å². The second-order valence-corrected chi connectivity index (χ2v) is 7.36. The second-order valence-electron chi connectivity index (χ2n) is 5.69. The largest absolute Gasteiger partial charge is 0.416 e. The van der Waals surface area contributed by atoms with Gasteiger partial charge in [0.05, 0.1) is 21.7 Å². The molecule has 0 atom stereocenters. The van der Waals surface area contributed by atoms with Crippen molar-refractivity contribution in [3.63, 3.8) is 0 Å². The summed E-state index contributed by atoms with van der Waals surface area (Å²) in [7, 11) is 0. The lowest BCUT2D eigenvalue weighted by molar-refractivity contribution is -0.138. The molecule has 1 heterocycles. The quantitative estimate of drug-likeness (QED) is 0.323. The third-order valence-electron chi connectivity index (χ3n) is 3.74. The molecule has 1 aliphatic heterocycles. The van der Waals surface area contributed by atoms with E-state index in [0.717, 1.165) is 47.0 Å². The van der Waals surface area contributed by atoms with E-state index >= 15 is 0 Å². The van der Waals surface area contributed by atoms with E-state index in [1.54, 1.807) is 0 Å². The Morgan fingerprint density at radius 1 is 0.893 bits per heavy atom. The fraction of sp³-hybridized carbons (Fsp3) is 0.111. The van der Waals surface area contributed by atoms with Gasteiger partial charge in [-0.15, -0.1) is 0 Å². The van der Waals surface area contributed by atoms with E-state index < -0.39 is 29.4 Å². The second kappa shape index (κ2) is 7.25. The number of amides is 1. The number of alkyl halides is 6. The van der Waals surface area contributed by atoms with Crippen LogP contribution in [0.1, 0.15) is 16.7 Å². The van der Waals surface area contributed by atoms with Gasteiger partial charge in [0, 0.05) is 0 Å². The maximum atomic E-state index is 12.9. The Labute approximate surface area is 164 Å². The number of rotatable bonds is 2. The van der Waals surface area contributed by atoms with Gasteiger partial charge in [-0.3, -0.25) is 9.69 Å². The van der Waals surface area contributed by atoms with Crippen LogP contribution in [0.2, 0.25) is 0 Å². The van der Waals surface area contributed by atoms with Crippen LogP contribution in [0.3, 0.4) is 0 Å². The van der Waals surface area contributed by atoms with Crippen molar-refractivity contribution in [1.82, 2.24) is 0 Å². The summed E-state index contributed by atoms with van der Waals surface area (Å²) in [5, 5.41) is 0. The summed E-state index contributed by atoms with van der Waals surface area (Å²) < 4.78 is 77.2. The number of thioether (sulfide) groups is 1. The van der Waals surface area contributed by atoms with Crippen LogP contribution in [0.4, 0.5) is 32.0 Å². The van der Waals surface area contributed by atoms with Crippen molar-refractivity contribution in [2.24, 2.45) is 0 Å². The lowest BCUT2D eigenvalue weighted by Crippen LogP contribution is -2.27. The average Bonchev–Trinajstić information content (AvgIpc) is 2.87. The molecule has 1 aliphatic rings. The number of hydrogen-bond donors (Lipinski definition) is 0. The first-order valence-electron chi connectivity index (χ1n) is 7.59. The topological polar surface area (TPSA) is 20.3 Å². The number of thiocarbonyl (C=S) groups is 1. The summed E-state index contributed by atoms with van der Waals surface area (Å²) in [6, 6.07) is 8.44. The number of nitrogens with zero attached hydrogens (tertiary/aromatic N) is 1. The molecule has 146 valence electrons. The van der Waals surface area contributed by atoms with Gasteiger partial charge < -0.3 is 0 Å². The summed E-state index contributed by atoms with van der Waals surface area (Å²) in [5.74, 6) is -0.702. The highest BCUT2D eigenvalue weighted by Crippen LogP contribution is 2.39. The zero-order valence-electron chi connectivity index (χ0n) is 13.6. The number of hydrogen-bond acceptors (Lipinski definition) is 3.